The SMILES string of the molecule is CCOC[C@H]1CC[C@@H]2C3CC[C@@]4(C)C(CCC4[C@H](C)Cn4cc(C#N)cn4)[C@@H]3CC[C@@H]2C1. The summed E-state index contributed by atoms with van der Waals surface area (Å²) in [6.45, 7) is 10.0. The number of nitriles is 1. The highest BCUT2D eigenvalue weighted by atomic mass is 16.5. The lowest BCUT2D eigenvalue weighted by Gasteiger charge is -2.57. The molecular formula is C28H43N3O. The van der Waals surface area contributed by atoms with Gasteiger partial charge >= 0.3 is 0 Å². The summed E-state index contributed by atoms with van der Waals surface area (Å²) in [5, 5.41) is 13.6. The third-order valence-corrected chi connectivity index (χ3v) is 10.6. The van der Waals surface area contributed by atoms with E-state index in [0.717, 1.165) is 61.2 Å². The van der Waals surface area contributed by atoms with E-state index in [-0.39, 0.29) is 0 Å². The molecule has 0 aliphatic heterocycles. The van der Waals surface area contributed by atoms with Crippen molar-refractivity contribution in [3.63, 3.8) is 0 Å². The predicted molar refractivity (Wildman–Crippen MR) is 127 cm³/mol. The summed E-state index contributed by atoms with van der Waals surface area (Å²) >= 11 is 0. The molecule has 0 spiro atoms. The Morgan fingerprint density at radius 1 is 1.16 bits per heavy atom. The largest absolute Gasteiger partial charge is 0.381 e. The summed E-state index contributed by atoms with van der Waals surface area (Å²) in [4.78, 5) is 0. The van der Waals surface area contributed by atoms with Crippen LogP contribution in [0.1, 0.15) is 84.1 Å². The lowest BCUT2D eigenvalue weighted by Crippen LogP contribution is -2.49. The molecule has 4 fully saturated rings. The minimum absolute atomic E-state index is 0.505. The van der Waals surface area contributed by atoms with Gasteiger partial charge in [-0.3, -0.25) is 4.68 Å². The van der Waals surface area contributed by atoms with Gasteiger partial charge in [-0.05, 0) is 117 Å². The number of nitrogens with zero attached hydrogens (tertiary/aromatic N) is 3. The van der Waals surface area contributed by atoms with Crippen LogP contribution in [-0.2, 0) is 11.3 Å². The molecule has 4 aliphatic rings. The van der Waals surface area contributed by atoms with E-state index in [1.54, 1.807) is 6.20 Å². The summed E-state index contributed by atoms with van der Waals surface area (Å²) in [5.41, 5.74) is 1.19. The van der Waals surface area contributed by atoms with Crippen molar-refractivity contribution >= 4 is 0 Å². The van der Waals surface area contributed by atoms with Crippen molar-refractivity contribution in [1.82, 2.24) is 9.78 Å². The number of hydrogen-bond donors (Lipinski definition) is 0. The summed E-state index contributed by atoms with van der Waals surface area (Å²) in [6, 6.07) is 2.22. The van der Waals surface area contributed by atoms with Crippen LogP contribution in [-0.4, -0.2) is 23.0 Å². The summed E-state index contributed by atoms with van der Waals surface area (Å²) in [5.74, 6) is 7.13. The molecule has 4 aliphatic carbocycles. The van der Waals surface area contributed by atoms with E-state index in [0.29, 0.717) is 16.9 Å². The van der Waals surface area contributed by atoms with Crippen molar-refractivity contribution in [2.45, 2.75) is 85.1 Å². The molecular weight excluding hydrogens is 394 g/mol. The van der Waals surface area contributed by atoms with Crippen molar-refractivity contribution in [2.24, 2.45) is 52.8 Å². The Hall–Kier alpha value is -1.34. The molecule has 0 N–H and O–H groups in total. The van der Waals surface area contributed by atoms with Gasteiger partial charge in [0.2, 0.25) is 0 Å². The minimum Gasteiger partial charge on any atom is -0.381 e. The van der Waals surface area contributed by atoms with Crippen molar-refractivity contribution in [1.29, 1.82) is 5.26 Å². The molecule has 0 radical (unpaired) electrons. The molecule has 176 valence electrons. The third-order valence-electron chi connectivity index (χ3n) is 10.6. The van der Waals surface area contributed by atoms with E-state index < -0.39 is 0 Å². The van der Waals surface area contributed by atoms with Gasteiger partial charge in [0.15, 0.2) is 0 Å². The van der Waals surface area contributed by atoms with Gasteiger partial charge in [0.25, 0.3) is 0 Å². The van der Waals surface area contributed by atoms with Gasteiger partial charge in [0.05, 0.1) is 11.8 Å². The molecule has 1 aromatic heterocycles. The summed E-state index contributed by atoms with van der Waals surface area (Å²) in [6.07, 6.45) is 16.6. The Morgan fingerprint density at radius 3 is 2.78 bits per heavy atom. The number of aromatic nitrogens is 2. The smallest absolute Gasteiger partial charge is 0.102 e. The highest BCUT2D eigenvalue weighted by Crippen LogP contribution is 2.65. The summed E-state index contributed by atoms with van der Waals surface area (Å²) < 4.78 is 7.80. The topological polar surface area (TPSA) is 50.8 Å². The van der Waals surface area contributed by atoms with Crippen molar-refractivity contribution in [2.75, 3.05) is 13.2 Å². The van der Waals surface area contributed by atoms with Gasteiger partial charge in [0, 0.05) is 26.0 Å². The quantitative estimate of drug-likeness (QED) is 0.524. The van der Waals surface area contributed by atoms with Crippen LogP contribution in [0.5, 0.6) is 0 Å². The van der Waals surface area contributed by atoms with Crippen LogP contribution < -0.4 is 0 Å². The molecule has 0 aromatic carbocycles. The number of fused-ring (bicyclic) bond motifs is 5. The second-order valence-corrected chi connectivity index (χ2v) is 12.0. The first kappa shape index (κ1) is 22.5. The van der Waals surface area contributed by atoms with Crippen LogP contribution in [0, 0.1) is 64.1 Å². The lowest BCUT2D eigenvalue weighted by molar-refractivity contribution is -0.0786. The first-order valence-electron chi connectivity index (χ1n) is 13.5. The van der Waals surface area contributed by atoms with Crippen LogP contribution in [0.15, 0.2) is 12.4 Å². The molecule has 0 saturated heterocycles. The second kappa shape index (κ2) is 9.13. The molecule has 0 bridgehead atoms. The fourth-order valence-corrected chi connectivity index (χ4v) is 9.31. The third kappa shape index (κ3) is 3.93. The average Bonchev–Trinajstić information content (AvgIpc) is 3.40. The molecule has 1 heterocycles. The zero-order chi connectivity index (χ0) is 22.3. The summed E-state index contributed by atoms with van der Waals surface area (Å²) in [7, 11) is 0. The van der Waals surface area contributed by atoms with E-state index >= 15 is 0 Å². The van der Waals surface area contributed by atoms with Gasteiger partial charge in [-0.15, -0.1) is 0 Å². The van der Waals surface area contributed by atoms with Crippen LogP contribution in [0.4, 0.5) is 0 Å². The van der Waals surface area contributed by atoms with Crippen molar-refractivity contribution in [3.8, 4) is 6.07 Å². The number of ether oxygens (including phenoxy) is 1. The zero-order valence-electron chi connectivity index (χ0n) is 20.5. The second-order valence-electron chi connectivity index (χ2n) is 12.0. The zero-order valence-corrected chi connectivity index (χ0v) is 20.5. The molecule has 4 nitrogen and oxygen atoms in total. The number of rotatable bonds is 6. The first-order chi connectivity index (χ1) is 15.5. The van der Waals surface area contributed by atoms with Crippen molar-refractivity contribution in [3.05, 3.63) is 18.0 Å². The Balaban J connectivity index is 1.24. The van der Waals surface area contributed by atoms with Gasteiger partial charge in [-0.25, -0.2) is 0 Å². The fourth-order valence-electron chi connectivity index (χ4n) is 9.31. The molecule has 4 saturated carbocycles. The highest BCUT2D eigenvalue weighted by molar-refractivity contribution is 5.21. The standard InChI is InChI=1S/C28H43N3O/c1-4-32-18-20-5-7-23-22(13-20)6-8-25-24(23)11-12-28(3)26(9-10-27(25)28)19(2)16-31-17-21(14-29)15-30-31/h15,17,19-20,22-27H,4-13,16,18H2,1-3H3/t19-,20+,22-,23+,24?,25-,26?,27?,28-/m1/s1. The van der Waals surface area contributed by atoms with Gasteiger partial charge in [-0.2, -0.15) is 10.4 Å². The maximum atomic E-state index is 9.13. The molecule has 0 amide bonds. The van der Waals surface area contributed by atoms with Gasteiger partial charge < -0.3 is 4.74 Å². The monoisotopic (exact) mass is 437 g/mol. The van der Waals surface area contributed by atoms with Gasteiger partial charge in [0.1, 0.15) is 6.07 Å². The van der Waals surface area contributed by atoms with Crippen molar-refractivity contribution < 1.29 is 4.74 Å². The Morgan fingerprint density at radius 2 is 2.00 bits per heavy atom. The van der Waals surface area contributed by atoms with E-state index in [2.05, 4.69) is 31.9 Å². The van der Waals surface area contributed by atoms with E-state index in [1.165, 1.54) is 57.8 Å². The van der Waals surface area contributed by atoms with Crippen LogP contribution in [0.3, 0.4) is 0 Å². The minimum atomic E-state index is 0.505. The lowest BCUT2D eigenvalue weighted by atomic mass is 9.49. The van der Waals surface area contributed by atoms with Crippen LogP contribution in [0.2, 0.25) is 0 Å². The molecule has 5 rings (SSSR count). The maximum Gasteiger partial charge on any atom is 0.102 e. The van der Waals surface area contributed by atoms with E-state index in [4.69, 9.17) is 10.00 Å². The van der Waals surface area contributed by atoms with E-state index in [9.17, 15) is 0 Å². The molecule has 1 aromatic rings. The molecule has 4 heteroatoms. The fraction of sp³-hybridized carbons (Fsp3) is 0.857. The van der Waals surface area contributed by atoms with E-state index in [1.807, 2.05) is 10.9 Å². The number of hydrogen-bond acceptors (Lipinski definition) is 3. The molecule has 32 heavy (non-hydrogen) atoms. The molecule has 9 atom stereocenters. The predicted octanol–water partition coefficient (Wildman–Crippen LogP) is 6.31. The van der Waals surface area contributed by atoms with Crippen LogP contribution in [0.25, 0.3) is 0 Å². The molecule has 3 unspecified atom stereocenters. The highest BCUT2D eigenvalue weighted by Gasteiger charge is 2.57. The Kier molecular flexibility index (Phi) is 6.41. The maximum absolute atomic E-state index is 9.13. The normalized spacial score (nSPS) is 41.9. The average molecular weight is 438 g/mol. The van der Waals surface area contributed by atoms with Gasteiger partial charge in [-0.1, -0.05) is 13.8 Å². The Labute approximate surface area is 195 Å². The Bertz CT molecular complexity index is 827. The van der Waals surface area contributed by atoms with Crippen LogP contribution >= 0.6 is 0 Å². The first-order valence-corrected chi connectivity index (χ1v) is 13.5.